The summed E-state index contributed by atoms with van der Waals surface area (Å²) in [6.07, 6.45) is 1.09. The van der Waals surface area contributed by atoms with Gasteiger partial charge in [-0.15, -0.1) is 0 Å². The van der Waals surface area contributed by atoms with Crippen LogP contribution in [0.2, 0.25) is 0 Å². The lowest BCUT2D eigenvalue weighted by Crippen LogP contribution is -2.23. The zero-order valence-corrected chi connectivity index (χ0v) is 13.2. The molecular formula is C16H27NOS. The number of hydrogen-bond acceptors (Lipinski definition) is 3. The van der Waals surface area contributed by atoms with Crippen molar-refractivity contribution in [2.24, 2.45) is 5.92 Å². The summed E-state index contributed by atoms with van der Waals surface area (Å²) in [5, 5.41) is 12.6. The summed E-state index contributed by atoms with van der Waals surface area (Å²) >= 11 is 1.92. The summed E-state index contributed by atoms with van der Waals surface area (Å²) in [4.78, 5) is 0. The zero-order valence-electron chi connectivity index (χ0n) is 12.4. The Balaban J connectivity index is 2.55. The fraction of sp³-hybridized carbons (Fsp3) is 0.625. The molecule has 1 aromatic rings. The number of hydrogen-bond donors (Lipinski definition) is 2. The van der Waals surface area contributed by atoms with Crippen molar-refractivity contribution in [1.82, 2.24) is 5.32 Å². The van der Waals surface area contributed by atoms with Crippen LogP contribution in [-0.2, 0) is 6.42 Å². The van der Waals surface area contributed by atoms with Crippen molar-refractivity contribution in [2.75, 3.05) is 24.7 Å². The van der Waals surface area contributed by atoms with E-state index in [-0.39, 0.29) is 6.61 Å². The molecule has 0 heterocycles. The smallest absolute Gasteiger partial charge is 0.0464 e. The summed E-state index contributed by atoms with van der Waals surface area (Å²) in [5.74, 6) is 2.46. The third-order valence-corrected chi connectivity index (χ3v) is 4.61. The van der Waals surface area contributed by atoms with Crippen molar-refractivity contribution >= 4 is 11.8 Å². The highest BCUT2D eigenvalue weighted by Gasteiger charge is 2.11. The Labute approximate surface area is 122 Å². The van der Waals surface area contributed by atoms with Gasteiger partial charge in [0, 0.05) is 18.4 Å². The highest BCUT2D eigenvalue weighted by atomic mass is 32.2. The second kappa shape index (κ2) is 9.40. The highest BCUT2D eigenvalue weighted by molar-refractivity contribution is 7.99. The van der Waals surface area contributed by atoms with E-state index < -0.39 is 0 Å². The van der Waals surface area contributed by atoms with E-state index in [1.54, 1.807) is 0 Å². The average molecular weight is 281 g/mol. The third kappa shape index (κ3) is 5.98. The van der Waals surface area contributed by atoms with Crippen LogP contribution in [0.25, 0.3) is 0 Å². The SMILES string of the molecule is CCNC(CSCC(C)CO)c1ccc(CC)cc1. The second-order valence-electron chi connectivity index (χ2n) is 5.03. The molecule has 0 saturated heterocycles. The van der Waals surface area contributed by atoms with E-state index in [1.807, 2.05) is 11.8 Å². The molecule has 0 aromatic heterocycles. The fourth-order valence-electron chi connectivity index (χ4n) is 1.94. The van der Waals surface area contributed by atoms with Gasteiger partial charge in [-0.1, -0.05) is 45.0 Å². The summed E-state index contributed by atoms with van der Waals surface area (Å²) in [6.45, 7) is 7.68. The molecule has 0 fully saturated rings. The fourth-order valence-corrected chi connectivity index (χ4v) is 3.13. The third-order valence-electron chi connectivity index (χ3n) is 3.24. The minimum Gasteiger partial charge on any atom is -0.396 e. The lowest BCUT2D eigenvalue weighted by molar-refractivity contribution is 0.250. The van der Waals surface area contributed by atoms with Crippen LogP contribution in [0.5, 0.6) is 0 Å². The number of rotatable bonds is 9. The molecule has 2 nitrogen and oxygen atoms in total. The number of aliphatic hydroxyl groups excluding tert-OH is 1. The molecule has 108 valence electrons. The van der Waals surface area contributed by atoms with E-state index in [0.717, 1.165) is 24.5 Å². The molecule has 0 bridgehead atoms. The summed E-state index contributed by atoms with van der Waals surface area (Å²) in [6, 6.07) is 9.33. The van der Waals surface area contributed by atoms with Gasteiger partial charge >= 0.3 is 0 Å². The van der Waals surface area contributed by atoms with E-state index in [0.29, 0.717) is 12.0 Å². The van der Waals surface area contributed by atoms with Crippen LogP contribution in [0, 0.1) is 5.92 Å². The average Bonchev–Trinajstić information content (AvgIpc) is 2.46. The van der Waals surface area contributed by atoms with E-state index in [4.69, 9.17) is 5.11 Å². The molecule has 19 heavy (non-hydrogen) atoms. The first-order valence-electron chi connectivity index (χ1n) is 7.22. The van der Waals surface area contributed by atoms with Crippen molar-refractivity contribution in [3.8, 4) is 0 Å². The van der Waals surface area contributed by atoms with Gasteiger partial charge in [-0.2, -0.15) is 11.8 Å². The van der Waals surface area contributed by atoms with Gasteiger partial charge in [0.05, 0.1) is 0 Å². The Morgan fingerprint density at radius 1 is 1.16 bits per heavy atom. The van der Waals surface area contributed by atoms with Gasteiger partial charge in [0.15, 0.2) is 0 Å². The predicted molar refractivity (Wildman–Crippen MR) is 85.8 cm³/mol. The summed E-state index contributed by atoms with van der Waals surface area (Å²) in [7, 11) is 0. The van der Waals surface area contributed by atoms with E-state index in [2.05, 4.69) is 50.4 Å². The Hall–Kier alpha value is -0.510. The standard InChI is InChI=1S/C16H27NOS/c1-4-14-6-8-15(9-7-14)16(17-5-2)12-19-11-13(3)10-18/h6-9,13,16-18H,4-5,10-12H2,1-3H3. The summed E-state index contributed by atoms with van der Waals surface area (Å²) < 4.78 is 0. The number of nitrogens with one attached hydrogen (secondary N) is 1. The maximum absolute atomic E-state index is 9.05. The van der Waals surface area contributed by atoms with Gasteiger partial charge in [0.1, 0.15) is 0 Å². The maximum Gasteiger partial charge on any atom is 0.0464 e. The largest absolute Gasteiger partial charge is 0.396 e. The number of thioether (sulfide) groups is 1. The van der Waals surface area contributed by atoms with Gasteiger partial charge < -0.3 is 10.4 Å². The monoisotopic (exact) mass is 281 g/mol. The molecule has 1 rings (SSSR count). The van der Waals surface area contributed by atoms with Gasteiger partial charge in [-0.3, -0.25) is 0 Å². The molecule has 0 aliphatic heterocycles. The molecule has 0 aliphatic carbocycles. The Bertz CT molecular complexity index is 339. The minimum atomic E-state index is 0.282. The molecule has 2 N–H and O–H groups in total. The molecule has 3 heteroatoms. The Morgan fingerprint density at radius 2 is 1.84 bits per heavy atom. The molecule has 0 radical (unpaired) electrons. The first kappa shape index (κ1) is 16.5. The van der Waals surface area contributed by atoms with Gasteiger partial charge in [-0.05, 0) is 35.8 Å². The lowest BCUT2D eigenvalue weighted by Gasteiger charge is -2.19. The van der Waals surface area contributed by atoms with Crippen LogP contribution in [0.1, 0.15) is 37.9 Å². The van der Waals surface area contributed by atoms with Crippen LogP contribution < -0.4 is 5.32 Å². The van der Waals surface area contributed by atoms with Crippen LogP contribution in [0.4, 0.5) is 0 Å². The molecule has 2 unspecified atom stereocenters. The predicted octanol–water partition coefficient (Wildman–Crippen LogP) is 3.26. The zero-order chi connectivity index (χ0) is 14.1. The van der Waals surface area contributed by atoms with E-state index >= 15 is 0 Å². The highest BCUT2D eigenvalue weighted by Crippen LogP contribution is 2.20. The van der Waals surface area contributed by atoms with Crippen molar-refractivity contribution < 1.29 is 5.11 Å². The van der Waals surface area contributed by atoms with Crippen molar-refractivity contribution in [1.29, 1.82) is 0 Å². The summed E-state index contributed by atoms with van der Waals surface area (Å²) in [5.41, 5.74) is 2.75. The van der Waals surface area contributed by atoms with Gasteiger partial charge in [0.2, 0.25) is 0 Å². The second-order valence-corrected chi connectivity index (χ2v) is 6.11. The first-order chi connectivity index (χ1) is 9.21. The van der Waals surface area contributed by atoms with Crippen LogP contribution >= 0.6 is 11.8 Å². The van der Waals surface area contributed by atoms with Crippen LogP contribution in [-0.4, -0.2) is 29.8 Å². The van der Waals surface area contributed by atoms with Crippen LogP contribution in [0.15, 0.2) is 24.3 Å². The molecular weight excluding hydrogens is 254 g/mol. The quantitative estimate of drug-likeness (QED) is 0.729. The van der Waals surface area contributed by atoms with Crippen molar-refractivity contribution in [3.63, 3.8) is 0 Å². The number of benzene rings is 1. The number of aryl methyl sites for hydroxylation is 1. The van der Waals surface area contributed by atoms with E-state index in [1.165, 1.54) is 11.1 Å². The molecule has 0 aliphatic rings. The van der Waals surface area contributed by atoms with E-state index in [9.17, 15) is 0 Å². The van der Waals surface area contributed by atoms with Crippen molar-refractivity contribution in [3.05, 3.63) is 35.4 Å². The molecule has 0 spiro atoms. The minimum absolute atomic E-state index is 0.282. The van der Waals surface area contributed by atoms with Gasteiger partial charge in [0.25, 0.3) is 0 Å². The Kier molecular flexibility index (Phi) is 8.19. The van der Waals surface area contributed by atoms with Gasteiger partial charge in [-0.25, -0.2) is 0 Å². The molecule has 0 amide bonds. The van der Waals surface area contributed by atoms with Crippen LogP contribution in [0.3, 0.4) is 0 Å². The Morgan fingerprint density at radius 3 is 2.37 bits per heavy atom. The maximum atomic E-state index is 9.05. The van der Waals surface area contributed by atoms with Crippen molar-refractivity contribution in [2.45, 2.75) is 33.2 Å². The topological polar surface area (TPSA) is 32.3 Å². The lowest BCUT2D eigenvalue weighted by atomic mass is 10.0. The molecule has 1 aromatic carbocycles. The molecule has 2 atom stereocenters. The normalized spacial score (nSPS) is 14.3. The number of aliphatic hydroxyl groups is 1. The first-order valence-corrected chi connectivity index (χ1v) is 8.37. The molecule has 0 saturated carbocycles.